The normalized spacial score (nSPS) is 10.2. The monoisotopic (exact) mass is 254 g/mol. The Morgan fingerprint density at radius 1 is 1.16 bits per heavy atom. The van der Waals surface area contributed by atoms with E-state index >= 15 is 0 Å². The molecule has 2 nitrogen and oxygen atoms in total. The molecule has 98 valence electrons. The third-order valence-corrected chi connectivity index (χ3v) is 3.12. The molecular formula is C17H18O2. The van der Waals surface area contributed by atoms with Crippen LogP contribution < -0.4 is 4.74 Å². The van der Waals surface area contributed by atoms with Crippen molar-refractivity contribution in [3.63, 3.8) is 0 Å². The molecule has 0 bridgehead atoms. The maximum atomic E-state index is 10.9. The zero-order chi connectivity index (χ0) is 13.7. The van der Waals surface area contributed by atoms with Crippen LogP contribution in [0.4, 0.5) is 0 Å². The number of ether oxygens (including phenoxy) is 1. The molecule has 0 atom stereocenters. The number of carbonyl (C=O) groups is 1. The van der Waals surface area contributed by atoms with Crippen molar-refractivity contribution in [2.24, 2.45) is 0 Å². The Morgan fingerprint density at radius 3 is 2.53 bits per heavy atom. The molecule has 0 unspecified atom stereocenters. The van der Waals surface area contributed by atoms with Crippen molar-refractivity contribution in [3.8, 4) is 5.75 Å². The van der Waals surface area contributed by atoms with Crippen molar-refractivity contribution in [1.82, 2.24) is 0 Å². The summed E-state index contributed by atoms with van der Waals surface area (Å²) >= 11 is 0. The summed E-state index contributed by atoms with van der Waals surface area (Å²) in [4.78, 5) is 10.9. The van der Waals surface area contributed by atoms with Gasteiger partial charge in [-0.25, -0.2) is 0 Å². The molecule has 0 aliphatic carbocycles. The minimum atomic E-state index is 0.551. The lowest BCUT2D eigenvalue weighted by molar-refractivity contribution is 0.112. The first-order valence-corrected chi connectivity index (χ1v) is 6.50. The predicted molar refractivity (Wildman–Crippen MR) is 76.7 cm³/mol. The minimum absolute atomic E-state index is 0.551. The highest BCUT2D eigenvalue weighted by molar-refractivity contribution is 5.76. The largest absolute Gasteiger partial charge is 0.488 e. The predicted octanol–water partition coefficient (Wildman–Crippen LogP) is 3.95. The number of hydrogen-bond acceptors (Lipinski definition) is 2. The van der Waals surface area contributed by atoms with Gasteiger partial charge in [0.15, 0.2) is 0 Å². The molecule has 0 aliphatic rings. The molecule has 2 heteroatoms. The van der Waals surface area contributed by atoms with Crippen molar-refractivity contribution in [1.29, 1.82) is 0 Å². The van der Waals surface area contributed by atoms with Gasteiger partial charge in [0, 0.05) is 5.56 Å². The molecule has 0 fully saturated rings. The Balaban J connectivity index is 2.22. The van der Waals surface area contributed by atoms with Crippen LogP contribution in [0, 0.1) is 6.92 Å². The van der Waals surface area contributed by atoms with Gasteiger partial charge in [-0.05, 0) is 42.2 Å². The second-order valence-corrected chi connectivity index (χ2v) is 4.57. The van der Waals surface area contributed by atoms with E-state index in [1.54, 1.807) is 0 Å². The van der Waals surface area contributed by atoms with Gasteiger partial charge < -0.3 is 4.74 Å². The van der Waals surface area contributed by atoms with E-state index in [1.807, 2.05) is 49.4 Å². The van der Waals surface area contributed by atoms with Gasteiger partial charge in [-0.15, -0.1) is 0 Å². The number of hydrogen-bond donors (Lipinski definition) is 0. The topological polar surface area (TPSA) is 26.3 Å². The first-order valence-electron chi connectivity index (χ1n) is 6.50. The lowest BCUT2D eigenvalue weighted by Crippen LogP contribution is -2.01. The molecule has 0 aromatic heterocycles. The van der Waals surface area contributed by atoms with Crippen LogP contribution in [-0.4, -0.2) is 6.29 Å². The van der Waals surface area contributed by atoms with E-state index in [9.17, 15) is 4.79 Å². The van der Waals surface area contributed by atoms with Crippen LogP contribution in [0.5, 0.6) is 5.75 Å². The molecule has 0 radical (unpaired) electrons. The van der Waals surface area contributed by atoms with Crippen molar-refractivity contribution in [2.75, 3.05) is 0 Å². The van der Waals surface area contributed by atoms with Crippen LogP contribution in [0.15, 0.2) is 42.5 Å². The summed E-state index contributed by atoms with van der Waals surface area (Å²) in [5, 5.41) is 0. The van der Waals surface area contributed by atoms with Gasteiger partial charge in [0.1, 0.15) is 18.6 Å². The molecule has 0 N–H and O–H groups in total. The summed E-state index contributed by atoms with van der Waals surface area (Å²) in [5.74, 6) is 0.900. The molecule has 19 heavy (non-hydrogen) atoms. The maximum Gasteiger partial charge on any atom is 0.150 e. The molecule has 2 aromatic rings. The fourth-order valence-corrected chi connectivity index (χ4v) is 2.14. The van der Waals surface area contributed by atoms with Crippen LogP contribution in [0.1, 0.15) is 34.0 Å². The minimum Gasteiger partial charge on any atom is -0.488 e. The van der Waals surface area contributed by atoms with Crippen LogP contribution >= 0.6 is 0 Å². The second kappa shape index (κ2) is 6.19. The van der Waals surface area contributed by atoms with E-state index in [0.717, 1.165) is 35.1 Å². The van der Waals surface area contributed by atoms with E-state index in [1.165, 1.54) is 0 Å². The van der Waals surface area contributed by atoms with Crippen molar-refractivity contribution in [2.45, 2.75) is 26.9 Å². The molecule has 2 rings (SSSR count). The molecule has 0 aliphatic heterocycles. The summed E-state index contributed by atoms with van der Waals surface area (Å²) in [6.07, 6.45) is 1.74. The number of carbonyl (C=O) groups excluding carboxylic acids is 1. The summed E-state index contributed by atoms with van der Waals surface area (Å²) in [6.45, 7) is 4.60. The lowest BCUT2D eigenvalue weighted by atomic mass is 10.0. The number of aldehydes is 1. The zero-order valence-corrected chi connectivity index (χ0v) is 11.3. The number of aryl methyl sites for hydroxylation is 2. The van der Waals surface area contributed by atoms with Gasteiger partial charge in [0.25, 0.3) is 0 Å². The smallest absolute Gasteiger partial charge is 0.150 e. The van der Waals surface area contributed by atoms with Gasteiger partial charge in [0.05, 0.1) is 0 Å². The van der Waals surface area contributed by atoms with Gasteiger partial charge in [-0.2, -0.15) is 0 Å². The van der Waals surface area contributed by atoms with Crippen molar-refractivity contribution < 1.29 is 9.53 Å². The van der Waals surface area contributed by atoms with Crippen LogP contribution in [0.3, 0.4) is 0 Å². The van der Waals surface area contributed by atoms with Gasteiger partial charge in [-0.3, -0.25) is 4.79 Å². The summed E-state index contributed by atoms with van der Waals surface area (Å²) in [6, 6.07) is 13.9. The Bertz CT molecular complexity index is 559. The van der Waals surface area contributed by atoms with Crippen LogP contribution in [-0.2, 0) is 13.0 Å². The van der Waals surface area contributed by atoms with Gasteiger partial charge in [0.2, 0.25) is 0 Å². The SMILES string of the molecule is CCc1cc(C=O)cc(C)c1OCc1ccccc1. The van der Waals surface area contributed by atoms with E-state index in [2.05, 4.69) is 6.92 Å². The summed E-state index contributed by atoms with van der Waals surface area (Å²) < 4.78 is 5.93. The average Bonchev–Trinajstić information content (AvgIpc) is 2.46. The van der Waals surface area contributed by atoms with E-state index in [4.69, 9.17) is 4.74 Å². The quantitative estimate of drug-likeness (QED) is 0.755. The first-order chi connectivity index (χ1) is 9.24. The summed E-state index contributed by atoms with van der Waals surface area (Å²) in [7, 11) is 0. The zero-order valence-electron chi connectivity index (χ0n) is 11.3. The fraction of sp³-hybridized carbons (Fsp3) is 0.235. The van der Waals surface area contributed by atoms with E-state index in [0.29, 0.717) is 12.2 Å². The Kier molecular flexibility index (Phi) is 4.35. The Morgan fingerprint density at radius 2 is 1.89 bits per heavy atom. The third kappa shape index (κ3) is 3.22. The van der Waals surface area contributed by atoms with E-state index in [-0.39, 0.29) is 0 Å². The molecule has 0 heterocycles. The fourth-order valence-electron chi connectivity index (χ4n) is 2.14. The molecule has 0 saturated carbocycles. The molecule has 2 aromatic carbocycles. The number of rotatable bonds is 5. The van der Waals surface area contributed by atoms with Crippen LogP contribution in [0.25, 0.3) is 0 Å². The van der Waals surface area contributed by atoms with Crippen LogP contribution in [0.2, 0.25) is 0 Å². The highest BCUT2D eigenvalue weighted by Crippen LogP contribution is 2.26. The molecule has 0 amide bonds. The lowest BCUT2D eigenvalue weighted by Gasteiger charge is -2.14. The highest BCUT2D eigenvalue weighted by Gasteiger charge is 2.08. The standard InChI is InChI=1S/C17H18O2/c1-3-16-10-15(11-18)9-13(2)17(16)19-12-14-7-5-4-6-8-14/h4-11H,3,12H2,1-2H3. The van der Waals surface area contributed by atoms with E-state index < -0.39 is 0 Å². The van der Waals surface area contributed by atoms with Gasteiger partial charge in [-0.1, -0.05) is 37.3 Å². The van der Waals surface area contributed by atoms with Crippen molar-refractivity contribution in [3.05, 3.63) is 64.7 Å². The van der Waals surface area contributed by atoms with Gasteiger partial charge >= 0.3 is 0 Å². The highest BCUT2D eigenvalue weighted by atomic mass is 16.5. The second-order valence-electron chi connectivity index (χ2n) is 4.57. The molecule has 0 saturated heterocycles. The average molecular weight is 254 g/mol. The molecule has 0 spiro atoms. The first kappa shape index (κ1) is 13.3. The summed E-state index contributed by atoms with van der Waals surface area (Å²) in [5.41, 5.74) is 3.94. The molecular weight excluding hydrogens is 236 g/mol. The third-order valence-electron chi connectivity index (χ3n) is 3.12. The number of benzene rings is 2. The maximum absolute atomic E-state index is 10.9. The Hall–Kier alpha value is -2.09. The van der Waals surface area contributed by atoms with Crippen molar-refractivity contribution >= 4 is 6.29 Å². The Labute approximate surface area is 114 Å².